The Kier molecular flexibility index (Phi) is 4.55. The molecule has 0 amide bonds. The number of aryl methyl sites for hydroxylation is 1. The molecule has 1 aromatic carbocycles. The monoisotopic (exact) mass is 402 g/mol. The highest BCUT2D eigenvalue weighted by Crippen LogP contribution is 2.28. The second-order valence-electron chi connectivity index (χ2n) is 8.22. The fourth-order valence-corrected chi connectivity index (χ4v) is 4.36. The van der Waals surface area contributed by atoms with Crippen molar-refractivity contribution in [2.45, 2.75) is 32.9 Å². The van der Waals surface area contributed by atoms with E-state index in [-0.39, 0.29) is 0 Å². The molecule has 1 N–H and O–H groups in total. The van der Waals surface area contributed by atoms with E-state index in [0.29, 0.717) is 23.7 Å². The zero-order valence-electron chi connectivity index (χ0n) is 17.8. The molecule has 0 radical (unpaired) electrons. The van der Waals surface area contributed by atoms with Crippen molar-refractivity contribution in [3.05, 3.63) is 48.5 Å². The number of anilines is 1. The predicted molar refractivity (Wildman–Crippen MR) is 119 cm³/mol. The Morgan fingerprint density at radius 2 is 1.87 bits per heavy atom. The number of nitrogens with one attached hydrogen (secondary N) is 1. The third-order valence-electron chi connectivity index (χ3n) is 5.60. The molecule has 154 valence electrons. The van der Waals surface area contributed by atoms with Gasteiger partial charge in [-0.05, 0) is 45.0 Å². The Bertz CT molecular complexity index is 1220. The van der Waals surface area contributed by atoms with E-state index >= 15 is 0 Å². The molecule has 3 aromatic heterocycles. The maximum Gasteiger partial charge on any atom is 0.179 e. The second kappa shape index (κ2) is 7.25. The molecule has 30 heavy (non-hydrogen) atoms. The molecule has 1 aliphatic heterocycles. The van der Waals surface area contributed by atoms with E-state index in [9.17, 15) is 0 Å². The largest absolute Gasteiger partial charge is 0.493 e. The fraction of sp³-hybridized carbons (Fsp3) is 0.348. The Hall–Kier alpha value is -3.19. The lowest BCUT2D eigenvalue weighted by Gasteiger charge is -2.37. The molecule has 4 heterocycles. The molecule has 2 atom stereocenters. The first-order chi connectivity index (χ1) is 14.5. The van der Waals surface area contributed by atoms with Crippen LogP contribution in [0.1, 0.15) is 19.5 Å². The van der Waals surface area contributed by atoms with Crippen molar-refractivity contribution < 1.29 is 4.74 Å². The first-order valence-corrected chi connectivity index (χ1v) is 10.3. The number of aromatic nitrogens is 4. The lowest BCUT2D eigenvalue weighted by atomic mass is 10.1. The van der Waals surface area contributed by atoms with Crippen LogP contribution in [-0.4, -0.2) is 51.6 Å². The molecule has 7 heteroatoms. The van der Waals surface area contributed by atoms with Crippen LogP contribution in [0.2, 0.25) is 0 Å². The van der Waals surface area contributed by atoms with Gasteiger partial charge >= 0.3 is 0 Å². The molecule has 1 aliphatic rings. The van der Waals surface area contributed by atoms with Crippen LogP contribution in [0.25, 0.3) is 27.9 Å². The number of piperazine rings is 1. The van der Waals surface area contributed by atoms with Gasteiger partial charge in [0.1, 0.15) is 0 Å². The lowest BCUT2D eigenvalue weighted by Crippen LogP contribution is -2.54. The topological polar surface area (TPSA) is 67.6 Å². The smallest absolute Gasteiger partial charge is 0.179 e. The number of rotatable bonds is 3. The van der Waals surface area contributed by atoms with Gasteiger partial charge in [-0.2, -0.15) is 0 Å². The minimum absolute atomic E-state index is 0.472. The van der Waals surface area contributed by atoms with E-state index in [1.165, 1.54) is 5.69 Å². The van der Waals surface area contributed by atoms with E-state index in [2.05, 4.69) is 52.2 Å². The highest BCUT2D eigenvalue weighted by Gasteiger charge is 2.21. The number of benzene rings is 1. The molecular formula is C23H26N6O. The number of hydrogen-bond acceptors (Lipinski definition) is 6. The van der Waals surface area contributed by atoms with Gasteiger partial charge in [-0.25, -0.2) is 15.0 Å². The standard InChI is InChI=1S/C23H26N6O/c1-14-10-28(11-15(2)25-14)19-5-6-20-17(7-19)9-24-22(27-20)18-8-21(30-4)23-26-16(3)12-29(23)13-18/h5-9,12-15,25H,10-11H2,1-4H3/t14-,15-/m1/s1. The van der Waals surface area contributed by atoms with E-state index < -0.39 is 0 Å². The molecule has 1 saturated heterocycles. The van der Waals surface area contributed by atoms with Crippen LogP contribution < -0.4 is 15.0 Å². The minimum atomic E-state index is 0.472. The van der Waals surface area contributed by atoms with Crippen LogP contribution in [0.15, 0.2) is 42.9 Å². The van der Waals surface area contributed by atoms with Gasteiger partial charge in [0.05, 0.1) is 18.3 Å². The van der Waals surface area contributed by atoms with Crippen LogP contribution in [-0.2, 0) is 0 Å². The summed E-state index contributed by atoms with van der Waals surface area (Å²) in [6.07, 6.45) is 5.88. The minimum Gasteiger partial charge on any atom is -0.493 e. The van der Waals surface area contributed by atoms with Crippen molar-refractivity contribution in [2.75, 3.05) is 25.1 Å². The van der Waals surface area contributed by atoms with Crippen molar-refractivity contribution in [1.29, 1.82) is 0 Å². The molecule has 4 aromatic rings. The van der Waals surface area contributed by atoms with Crippen molar-refractivity contribution in [2.24, 2.45) is 0 Å². The molecule has 0 bridgehead atoms. The van der Waals surface area contributed by atoms with E-state index in [1.54, 1.807) is 7.11 Å². The summed E-state index contributed by atoms with van der Waals surface area (Å²) in [6.45, 7) is 8.42. The second-order valence-corrected chi connectivity index (χ2v) is 8.22. The fourth-order valence-electron chi connectivity index (χ4n) is 4.36. The molecule has 0 unspecified atom stereocenters. The number of imidazole rings is 1. The van der Waals surface area contributed by atoms with Crippen LogP contribution in [0.4, 0.5) is 5.69 Å². The van der Waals surface area contributed by atoms with E-state index in [1.807, 2.05) is 36.0 Å². The third kappa shape index (κ3) is 3.35. The van der Waals surface area contributed by atoms with Gasteiger partial charge in [0, 0.05) is 60.4 Å². The van der Waals surface area contributed by atoms with E-state index in [4.69, 9.17) is 9.72 Å². The first-order valence-electron chi connectivity index (χ1n) is 10.3. The zero-order chi connectivity index (χ0) is 20.8. The Morgan fingerprint density at radius 3 is 2.63 bits per heavy atom. The molecule has 1 fully saturated rings. The van der Waals surface area contributed by atoms with Crippen molar-refractivity contribution in [1.82, 2.24) is 24.7 Å². The highest BCUT2D eigenvalue weighted by atomic mass is 16.5. The molecule has 0 aliphatic carbocycles. The molecule has 0 saturated carbocycles. The summed E-state index contributed by atoms with van der Waals surface area (Å²) < 4.78 is 7.51. The normalized spacial score (nSPS) is 19.5. The van der Waals surface area contributed by atoms with Gasteiger partial charge in [-0.3, -0.25) is 0 Å². The SMILES string of the molecule is COc1cc(-c2ncc3cc(N4C[C@@H](C)N[C@H](C)C4)ccc3n2)cn2cc(C)nc12. The highest BCUT2D eigenvalue weighted by molar-refractivity contribution is 5.83. The quantitative estimate of drug-likeness (QED) is 0.566. The summed E-state index contributed by atoms with van der Waals surface area (Å²) in [5.74, 6) is 1.38. The number of fused-ring (bicyclic) bond motifs is 2. The van der Waals surface area contributed by atoms with Crippen molar-refractivity contribution >= 4 is 22.2 Å². The summed E-state index contributed by atoms with van der Waals surface area (Å²) in [5, 5.41) is 4.63. The average molecular weight is 403 g/mol. The van der Waals surface area contributed by atoms with Crippen molar-refractivity contribution in [3.8, 4) is 17.1 Å². The predicted octanol–water partition coefficient (Wildman–Crippen LogP) is 3.45. The van der Waals surface area contributed by atoms with Gasteiger partial charge in [0.25, 0.3) is 0 Å². The summed E-state index contributed by atoms with van der Waals surface area (Å²) in [5.41, 5.74) is 4.78. The summed E-state index contributed by atoms with van der Waals surface area (Å²) in [4.78, 5) is 16.4. The average Bonchev–Trinajstić information content (AvgIpc) is 3.11. The number of hydrogen-bond donors (Lipinski definition) is 1. The molecular weight excluding hydrogens is 376 g/mol. The zero-order valence-corrected chi connectivity index (χ0v) is 17.8. The number of pyridine rings is 1. The van der Waals surface area contributed by atoms with Crippen LogP contribution in [0.5, 0.6) is 5.75 Å². The van der Waals surface area contributed by atoms with Crippen LogP contribution in [0.3, 0.4) is 0 Å². The Morgan fingerprint density at radius 1 is 1.07 bits per heavy atom. The Labute approximate surface area is 175 Å². The number of nitrogens with zero attached hydrogens (tertiary/aromatic N) is 5. The summed E-state index contributed by atoms with van der Waals surface area (Å²) in [7, 11) is 1.66. The van der Waals surface area contributed by atoms with Crippen LogP contribution >= 0.6 is 0 Å². The first kappa shape index (κ1) is 18.8. The van der Waals surface area contributed by atoms with Gasteiger partial charge < -0.3 is 19.4 Å². The van der Waals surface area contributed by atoms with Gasteiger partial charge in [-0.1, -0.05) is 0 Å². The summed E-state index contributed by atoms with van der Waals surface area (Å²) >= 11 is 0. The maximum absolute atomic E-state index is 5.54. The molecule has 0 spiro atoms. The summed E-state index contributed by atoms with van der Waals surface area (Å²) in [6, 6.07) is 9.32. The maximum atomic E-state index is 5.54. The third-order valence-corrected chi connectivity index (χ3v) is 5.60. The van der Waals surface area contributed by atoms with Crippen LogP contribution in [0, 0.1) is 6.92 Å². The van der Waals surface area contributed by atoms with Gasteiger partial charge in [-0.15, -0.1) is 0 Å². The van der Waals surface area contributed by atoms with Gasteiger partial charge in [0.15, 0.2) is 17.2 Å². The van der Waals surface area contributed by atoms with E-state index in [0.717, 1.165) is 40.9 Å². The molecule has 5 rings (SSSR count). The molecule has 7 nitrogen and oxygen atoms in total. The van der Waals surface area contributed by atoms with Crippen molar-refractivity contribution in [3.63, 3.8) is 0 Å². The lowest BCUT2D eigenvalue weighted by molar-refractivity contribution is 0.407. The number of methoxy groups -OCH3 is 1. The number of ether oxygens (including phenoxy) is 1. The van der Waals surface area contributed by atoms with Gasteiger partial charge in [0.2, 0.25) is 0 Å². The Balaban J connectivity index is 1.52.